The van der Waals surface area contributed by atoms with E-state index >= 15 is 0 Å². The Balaban J connectivity index is 2.07. The first-order valence-electron chi connectivity index (χ1n) is 6.24. The number of carbonyl (C=O) groups is 1. The van der Waals surface area contributed by atoms with Crippen LogP contribution in [0.2, 0.25) is 0 Å². The van der Waals surface area contributed by atoms with Crippen LogP contribution in [0.3, 0.4) is 0 Å². The summed E-state index contributed by atoms with van der Waals surface area (Å²) >= 11 is 0. The molecule has 1 atom stereocenters. The van der Waals surface area contributed by atoms with Crippen LogP contribution in [0, 0.1) is 0 Å². The van der Waals surface area contributed by atoms with Gasteiger partial charge in [0.25, 0.3) is 5.91 Å². The van der Waals surface area contributed by atoms with Gasteiger partial charge in [-0.2, -0.15) is 5.10 Å². The topological polar surface area (TPSA) is 89.4 Å². The number of methoxy groups -OCH3 is 2. The van der Waals surface area contributed by atoms with Crippen LogP contribution >= 0.6 is 0 Å². The van der Waals surface area contributed by atoms with Gasteiger partial charge < -0.3 is 19.3 Å². The number of rotatable bonds is 5. The molecule has 112 valence electrons. The molecule has 1 aromatic rings. The molecule has 7 nitrogen and oxygen atoms in total. The van der Waals surface area contributed by atoms with Gasteiger partial charge in [-0.1, -0.05) is 0 Å². The zero-order valence-electron chi connectivity index (χ0n) is 11.7. The second kappa shape index (κ2) is 6.65. The van der Waals surface area contributed by atoms with E-state index in [-0.39, 0.29) is 11.7 Å². The first kappa shape index (κ1) is 14.7. The average Bonchev–Trinajstić information content (AvgIpc) is 3.02. The predicted molar refractivity (Wildman–Crippen MR) is 75.6 cm³/mol. The lowest BCUT2D eigenvalue weighted by Gasteiger charge is -2.10. The number of hydrogen-bond acceptors (Lipinski definition) is 6. The largest absolute Gasteiger partial charge is 0.507 e. The monoisotopic (exact) mass is 292 g/mol. The summed E-state index contributed by atoms with van der Waals surface area (Å²) < 4.78 is 15.2. The molecule has 7 heteroatoms. The molecular formula is C14H16N2O5. The van der Waals surface area contributed by atoms with Crippen molar-refractivity contribution in [2.75, 3.05) is 14.2 Å². The van der Waals surface area contributed by atoms with E-state index in [4.69, 9.17) is 14.2 Å². The molecular weight excluding hydrogens is 276 g/mol. The summed E-state index contributed by atoms with van der Waals surface area (Å²) in [6, 6.07) is 3.03. The SMILES string of the molecule is COc1cc(O)c(/C=N/NC(=O)C2CC=CO2)c(OC)c1. The minimum absolute atomic E-state index is 0.0667. The summed E-state index contributed by atoms with van der Waals surface area (Å²) in [7, 11) is 2.94. The molecule has 1 heterocycles. The Bertz CT molecular complexity index is 575. The summed E-state index contributed by atoms with van der Waals surface area (Å²) in [5, 5.41) is 13.7. The van der Waals surface area contributed by atoms with Gasteiger partial charge in [0.1, 0.15) is 17.2 Å². The Morgan fingerprint density at radius 2 is 2.29 bits per heavy atom. The van der Waals surface area contributed by atoms with Crippen molar-refractivity contribution in [2.45, 2.75) is 12.5 Å². The Kier molecular flexibility index (Phi) is 4.65. The number of nitrogens with one attached hydrogen (secondary N) is 1. The molecule has 0 radical (unpaired) electrons. The normalized spacial score (nSPS) is 16.8. The maximum absolute atomic E-state index is 11.7. The minimum atomic E-state index is -0.562. The predicted octanol–water partition coefficient (Wildman–Crippen LogP) is 1.16. The van der Waals surface area contributed by atoms with Gasteiger partial charge in [-0.25, -0.2) is 5.43 Å². The van der Waals surface area contributed by atoms with E-state index in [1.54, 1.807) is 12.1 Å². The molecule has 1 aliphatic heterocycles. The summed E-state index contributed by atoms with van der Waals surface area (Å²) in [4.78, 5) is 11.7. The fourth-order valence-electron chi connectivity index (χ4n) is 1.79. The van der Waals surface area contributed by atoms with Gasteiger partial charge in [-0.3, -0.25) is 4.79 Å². The fourth-order valence-corrected chi connectivity index (χ4v) is 1.79. The maximum Gasteiger partial charge on any atom is 0.281 e. The third kappa shape index (κ3) is 3.44. The fraction of sp³-hybridized carbons (Fsp3) is 0.286. The molecule has 0 fully saturated rings. The van der Waals surface area contributed by atoms with Crippen molar-refractivity contribution in [3.8, 4) is 17.2 Å². The molecule has 0 saturated carbocycles. The van der Waals surface area contributed by atoms with Crippen molar-refractivity contribution in [3.63, 3.8) is 0 Å². The zero-order valence-corrected chi connectivity index (χ0v) is 11.7. The summed E-state index contributed by atoms with van der Waals surface area (Å²) in [6.07, 6.45) is 4.48. The van der Waals surface area contributed by atoms with Crippen LogP contribution in [0.15, 0.2) is 29.6 Å². The number of hydrazone groups is 1. The number of nitrogens with zero attached hydrogens (tertiary/aromatic N) is 1. The van der Waals surface area contributed by atoms with Crippen LogP contribution < -0.4 is 14.9 Å². The molecule has 0 spiro atoms. The van der Waals surface area contributed by atoms with E-state index in [2.05, 4.69) is 10.5 Å². The molecule has 0 saturated heterocycles. The number of carbonyl (C=O) groups excluding carboxylic acids is 1. The van der Waals surface area contributed by atoms with E-state index in [0.717, 1.165) is 0 Å². The van der Waals surface area contributed by atoms with Crippen molar-refractivity contribution in [3.05, 3.63) is 30.0 Å². The van der Waals surface area contributed by atoms with Crippen LogP contribution in [-0.2, 0) is 9.53 Å². The molecule has 21 heavy (non-hydrogen) atoms. The van der Waals surface area contributed by atoms with Crippen LogP contribution in [0.4, 0.5) is 0 Å². The Morgan fingerprint density at radius 3 is 2.90 bits per heavy atom. The Hall–Kier alpha value is -2.70. The van der Waals surface area contributed by atoms with E-state index < -0.39 is 6.10 Å². The van der Waals surface area contributed by atoms with Gasteiger partial charge in [-0.15, -0.1) is 0 Å². The molecule has 1 amide bonds. The van der Waals surface area contributed by atoms with Gasteiger partial charge in [0, 0.05) is 18.6 Å². The quantitative estimate of drug-likeness (QED) is 0.628. The first-order valence-corrected chi connectivity index (χ1v) is 6.24. The van der Waals surface area contributed by atoms with Crippen molar-refractivity contribution < 1.29 is 24.1 Å². The highest BCUT2D eigenvalue weighted by Crippen LogP contribution is 2.31. The van der Waals surface area contributed by atoms with Crippen LogP contribution in [0.25, 0.3) is 0 Å². The molecule has 0 aromatic heterocycles. The smallest absolute Gasteiger partial charge is 0.281 e. The molecule has 0 bridgehead atoms. The van der Waals surface area contributed by atoms with Gasteiger partial charge in [0.05, 0.1) is 32.3 Å². The van der Waals surface area contributed by atoms with E-state index in [1.807, 2.05) is 0 Å². The Labute approximate surface area is 121 Å². The van der Waals surface area contributed by atoms with Crippen LogP contribution in [0.5, 0.6) is 17.2 Å². The molecule has 1 aromatic carbocycles. The zero-order chi connectivity index (χ0) is 15.2. The number of phenols is 1. The van der Waals surface area contributed by atoms with Crippen LogP contribution in [-0.4, -0.2) is 37.6 Å². The third-order valence-electron chi connectivity index (χ3n) is 2.90. The minimum Gasteiger partial charge on any atom is -0.507 e. The third-order valence-corrected chi connectivity index (χ3v) is 2.90. The molecule has 1 aliphatic rings. The standard InChI is InChI=1S/C14H16N2O5/c1-19-9-6-11(17)10(13(7-9)20-2)8-15-16-14(18)12-4-3-5-21-12/h3,5-8,12,17H,4H2,1-2H3,(H,16,18)/b15-8+. The highest BCUT2D eigenvalue weighted by Gasteiger charge is 2.20. The average molecular weight is 292 g/mol. The number of ether oxygens (including phenoxy) is 3. The van der Waals surface area contributed by atoms with Gasteiger partial charge in [-0.05, 0) is 6.08 Å². The second-order valence-corrected chi connectivity index (χ2v) is 4.23. The summed E-state index contributed by atoms with van der Waals surface area (Å²) in [6.45, 7) is 0. The van der Waals surface area contributed by atoms with Crippen LogP contribution in [0.1, 0.15) is 12.0 Å². The number of aromatic hydroxyl groups is 1. The molecule has 2 rings (SSSR count). The summed E-state index contributed by atoms with van der Waals surface area (Å²) in [5.41, 5.74) is 2.68. The molecule has 2 N–H and O–H groups in total. The van der Waals surface area contributed by atoms with Crippen molar-refractivity contribution in [1.29, 1.82) is 0 Å². The van der Waals surface area contributed by atoms with E-state index in [9.17, 15) is 9.90 Å². The number of benzene rings is 1. The highest BCUT2D eigenvalue weighted by atomic mass is 16.5. The highest BCUT2D eigenvalue weighted by molar-refractivity contribution is 5.89. The van der Waals surface area contributed by atoms with Gasteiger partial charge in [0.15, 0.2) is 6.10 Å². The Morgan fingerprint density at radius 1 is 1.48 bits per heavy atom. The molecule has 1 unspecified atom stereocenters. The number of amides is 1. The van der Waals surface area contributed by atoms with E-state index in [0.29, 0.717) is 23.5 Å². The maximum atomic E-state index is 11.7. The van der Waals surface area contributed by atoms with Crippen molar-refractivity contribution in [2.24, 2.45) is 5.10 Å². The van der Waals surface area contributed by atoms with Gasteiger partial charge >= 0.3 is 0 Å². The number of hydrogen-bond donors (Lipinski definition) is 2. The van der Waals surface area contributed by atoms with Gasteiger partial charge in [0.2, 0.25) is 0 Å². The first-order chi connectivity index (χ1) is 10.2. The lowest BCUT2D eigenvalue weighted by atomic mass is 10.2. The lowest BCUT2D eigenvalue weighted by Crippen LogP contribution is -2.30. The second-order valence-electron chi connectivity index (χ2n) is 4.23. The number of phenolic OH excluding ortho intramolecular Hbond substituents is 1. The van der Waals surface area contributed by atoms with Crippen molar-refractivity contribution >= 4 is 12.1 Å². The summed E-state index contributed by atoms with van der Waals surface area (Å²) in [5.74, 6) is 0.408. The van der Waals surface area contributed by atoms with E-state index in [1.165, 1.54) is 32.8 Å². The van der Waals surface area contributed by atoms with Crippen molar-refractivity contribution in [1.82, 2.24) is 5.43 Å². The lowest BCUT2D eigenvalue weighted by molar-refractivity contribution is -0.128. The molecule has 0 aliphatic carbocycles.